The number of hydrogen-bond donors (Lipinski definition) is 0. The third kappa shape index (κ3) is 5.42. The summed E-state index contributed by atoms with van der Waals surface area (Å²) in [6.45, 7) is 9.65. The second-order valence-corrected chi connectivity index (χ2v) is 18.6. The predicted molar refractivity (Wildman–Crippen MR) is 261 cm³/mol. The van der Waals surface area contributed by atoms with Crippen LogP contribution in [0.15, 0.2) is 206 Å². The van der Waals surface area contributed by atoms with Gasteiger partial charge in [-0.3, -0.25) is 0 Å². The zero-order valence-electron chi connectivity index (χ0n) is 35.7. The van der Waals surface area contributed by atoms with E-state index < -0.39 is 0 Å². The quantitative estimate of drug-likeness (QED) is 0.163. The Balaban J connectivity index is 0.948. The summed E-state index contributed by atoms with van der Waals surface area (Å²) in [7, 11) is 0. The number of rotatable bonds is 6. The molecule has 0 spiro atoms. The maximum absolute atomic E-state index is 2.50. The van der Waals surface area contributed by atoms with E-state index in [1.54, 1.807) is 0 Å². The highest BCUT2D eigenvalue weighted by atomic mass is 15.1. The zero-order valence-corrected chi connectivity index (χ0v) is 35.7. The Bertz CT molecular complexity index is 3230. The van der Waals surface area contributed by atoms with Crippen LogP contribution in [0.1, 0.15) is 61.4 Å². The first kappa shape index (κ1) is 36.7. The van der Waals surface area contributed by atoms with Crippen molar-refractivity contribution in [2.24, 2.45) is 5.92 Å². The number of benzene rings is 8. The minimum atomic E-state index is -0.100. The summed E-state index contributed by atoms with van der Waals surface area (Å²) in [6, 6.07) is 70.0. The number of anilines is 3. The Hall–Kier alpha value is -7.16. The fourth-order valence-corrected chi connectivity index (χ4v) is 11.4. The minimum Gasteiger partial charge on any atom is -0.310 e. The van der Waals surface area contributed by atoms with Crippen LogP contribution in [0.4, 0.5) is 17.1 Å². The Morgan fingerprint density at radius 3 is 1.76 bits per heavy atom. The van der Waals surface area contributed by atoms with Crippen molar-refractivity contribution in [3.63, 3.8) is 0 Å². The van der Waals surface area contributed by atoms with Crippen molar-refractivity contribution in [1.29, 1.82) is 0 Å². The molecular weight excluding hydrogens is 749 g/mol. The van der Waals surface area contributed by atoms with Crippen LogP contribution in [0.5, 0.6) is 0 Å². The number of allylic oxidation sites excluding steroid dienone is 4. The molecule has 3 aliphatic carbocycles. The topological polar surface area (TPSA) is 8.17 Å². The second-order valence-electron chi connectivity index (χ2n) is 18.6. The number of aromatic nitrogens is 1. The molecule has 9 aromatic rings. The summed E-state index contributed by atoms with van der Waals surface area (Å²) in [5.41, 5.74) is 20.4. The lowest BCUT2D eigenvalue weighted by Crippen LogP contribution is -2.26. The van der Waals surface area contributed by atoms with Crippen molar-refractivity contribution in [1.82, 2.24) is 4.57 Å². The standard InChI is InChI=1S/C60H48N2/c1-59(2)52-21-11-8-17-47(52)48-35-33-44(37-54(48)59)61(42-29-25-40(26-30-42)39-15-6-5-7-16-39)45-34-36-51-55(38-45)60(3,4)53-22-14-20-46(58(51)53)41-27-31-43(32-28-41)62-56-23-12-9-18-49(56)50-19-10-13-24-57(50)62/h5-38,53,58H,1-4H3. The fraction of sp³-hybridized carbons (Fsp3) is 0.133. The SMILES string of the molecule is CC1(C)c2ccccc2-c2ccc(N(c3ccc(-c4ccccc4)cc3)c3ccc4c(c3)C(C)(C)C3C=CC=C(c5ccc(-n6c7ccccc7c7ccccc76)cc5)C43)cc21. The highest BCUT2D eigenvalue weighted by molar-refractivity contribution is 6.09. The molecule has 2 unspecified atom stereocenters. The monoisotopic (exact) mass is 796 g/mol. The van der Waals surface area contributed by atoms with Gasteiger partial charge >= 0.3 is 0 Å². The van der Waals surface area contributed by atoms with Gasteiger partial charge in [0.15, 0.2) is 0 Å². The lowest BCUT2D eigenvalue weighted by Gasteiger charge is -2.32. The van der Waals surface area contributed by atoms with Crippen LogP contribution < -0.4 is 4.90 Å². The Morgan fingerprint density at radius 1 is 0.468 bits per heavy atom. The van der Waals surface area contributed by atoms with Crippen LogP contribution in [0, 0.1) is 5.92 Å². The van der Waals surface area contributed by atoms with Gasteiger partial charge in [-0.25, -0.2) is 0 Å². The number of hydrogen-bond acceptors (Lipinski definition) is 1. The van der Waals surface area contributed by atoms with E-state index in [1.807, 2.05) is 0 Å². The third-order valence-corrected chi connectivity index (χ3v) is 14.5. The lowest BCUT2D eigenvalue weighted by molar-refractivity contribution is 0.399. The first-order chi connectivity index (χ1) is 30.3. The van der Waals surface area contributed by atoms with E-state index in [4.69, 9.17) is 0 Å². The molecule has 3 aliphatic rings. The molecule has 1 aromatic heterocycles. The Labute approximate surface area is 364 Å². The van der Waals surface area contributed by atoms with Crippen molar-refractivity contribution in [3.8, 4) is 27.9 Å². The van der Waals surface area contributed by atoms with Crippen molar-refractivity contribution < 1.29 is 0 Å². The zero-order chi connectivity index (χ0) is 41.7. The second kappa shape index (κ2) is 13.7. The van der Waals surface area contributed by atoms with E-state index >= 15 is 0 Å². The van der Waals surface area contributed by atoms with E-state index in [2.05, 4.69) is 243 Å². The van der Waals surface area contributed by atoms with E-state index in [1.165, 1.54) is 94.5 Å². The highest BCUT2D eigenvalue weighted by Crippen LogP contribution is 2.58. The fourth-order valence-electron chi connectivity index (χ4n) is 11.4. The van der Waals surface area contributed by atoms with Gasteiger partial charge in [0, 0.05) is 44.9 Å². The number of fused-ring (bicyclic) bond motifs is 9. The summed E-state index contributed by atoms with van der Waals surface area (Å²) < 4.78 is 2.41. The molecule has 0 N–H and O–H groups in total. The van der Waals surface area contributed by atoms with Crippen LogP contribution in [0.25, 0.3) is 55.3 Å². The molecule has 0 saturated heterocycles. The van der Waals surface area contributed by atoms with Gasteiger partial charge in [-0.2, -0.15) is 0 Å². The van der Waals surface area contributed by atoms with Crippen LogP contribution in [0.3, 0.4) is 0 Å². The molecule has 0 radical (unpaired) electrons. The van der Waals surface area contributed by atoms with Gasteiger partial charge < -0.3 is 9.47 Å². The normalized spacial score (nSPS) is 17.6. The molecule has 2 nitrogen and oxygen atoms in total. The third-order valence-electron chi connectivity index (χ3n) is 14.5. The van der Waals surface area contributed by atoms with Crippen LogP contribution in [0.2, 0.25) is 0 Å². The molecule has 2 heteroatoms. The smallest absolute Gasteiger partial charge is 0.0541 e. The van der Waals surface area contributed by atoms with Crippen molar-refractivity contribution in [3.05, 3.63) is 234 Å². The molecule has 0 amide bonds. The number of nitrogens with zero attached hydrogens (tertiary/aromatic N) is 2. The summed E-state index contributed by atoms with van der Waals surface area (Å²) in [5.74, 6) is 0.596. The van der Waals surface area contributed by atoms with Gasteiger partial charge in [0.25, 0.3) is 0 Å². The molecule has 0 bridgehead atoms. The maximum atomic E-state index is 2.50. The minimum absolute atomic E-state index is 0.0840. The van der Waals surface area contributed by atoms with Crippen molar-refractivity contribution in [2.45, 2.75) is 44.4 Å². The molecule has 1 heterocycles. The van der Waals surface area contributed by atoms with Gasteiger partial charge in [-0.15, -0.1) is 0 Å². The Kier molecular flexibility index (Phi) is 8.09. The Morgan fingerprint density at radius 2 is 1.03 bits per heavy atom. The average Bonchev–Trinajstić information content (AvgIpc) is 3.86. The van der Waals surface area contributed by atoms with Crippen LogP contribution >= 0.6 is 0 Å². The molecule has 0 aliphatic heterocycles. The lowest BCUT2D eigenvalue weighted by atomic mass is 9.71. The summed E-state index contributed by atoms with van der Waals surface area (Å²) >= 11 is 0. The summed E-state index contributed by atoms with van der Waals surface area (Å²) in [4.78, 5) is 2.48. The molecule has 12 rings (SSSR count). The largest absolute Gasteiger partial charge is 0.310 e. The first-order valence-electron chi connectivity index (χ1n) is 22.1. The van der Waals surface area contributed by atoms with Gasteiger partial charge in [0.05, 0.1) is 11.0 Å². The van der Waals surface area contributed by atoms with Gasteiger partial charge in [-0.05, 0) is 128 Å². The average molecular weight is 797 g/mol. The van der Waals surface area contributed by atoms with E-state index in [0.29, 0.717) is 5.92 Å². The van der Waals surface area contributed by atoms with Gasteiger partial charge in [0.2, 0.25) is 0 Å². The van der Waals surface area contributed by atoms with Gasteiger partial charge in [-0.1, -0.05) is 173 Å². The highest BCUT2D eigenvalue weighted by Gasteiger charge is 2.47. The van der Waals surface area contributed by atoms with Crippen LogP contribution in [-0.2, 0) is 10.8 Å². The molecule has 0 fully saturated rings. The molecular formula is C60H48N2. The maximum Gasteiger partial charge on any atom is 0.0541 e. The van der Waals surface area contributed by atoms with Crippen molar-refractivity contribution >= 4 is 44.4 Å². The number of para-hydroxylation sites is 2. The van der Waals surface area contributed by atoms with Crippen LogP contribution in [-0.4, -0.2) is 4.57 Å². The summed E-state index contributed by atoms with van der Waals surface area (Å²) in [6.07, 6.45) is 7.12. The van der Waals surface area contributed by atoms with E-state index in [0.717, 1.165) is 5.69 Å². The molecule has 62 heavy (non-hydrogen) atoms. The van der Waals surface area contributed by atoms with E-state index in [9.17, 15) is 0 Å². The predicted octanol–water partition coefficient (Wildman–Crippen LogP) is 15.9. The molecule has 298 valence electrons. The molecule has 0 saturated carbocycles. The van der Waals surface area contributed by atoms with Crippen molar-refractivity contribution in [2.75, 3.05) is 4.90 Å². The molecule has 8 aromatic carbocycles. The summed E-state index contributed by atoms with van der Waals surface area (Å²) in [5, 5.41) is 2.57. The first-order valence-corrected chi connectivity index (χ1v) is 22.1. The van der Waals surface area contributed by atoms with E-state index in [-0.39, 0.29) is 16.7 Å². The molecule has 2 atom stereocenters. The van der Waals surface area contributed by atoms with Gasteiger partial charge in [0.1, 0.15) is 0 Å².